The zero-order chi connectivity index (χ0) is 19.9. The van der Waals surface area contributed by atoms with Crippen LogP contribution in [-0.4, -0.2) is 21.0 Å². The van der Waals surface area contributed by atoms with Gasteiger partial charge in [0.2, 0.25) is 0 Å². The van der Waals surface area contributed by atoms with Crippen molar-refractivity contribution in [3.05, 3.63) is 71.7 Å². The molecule has 0 atom stereocenters. The second-order valence-corrected chi connectivity index (χ2v) is 6.44. The predicted molar refractivity (Wildman–Crippen MR) is 108 cm³/mol. The van der Waals surface area contributed by atoms with Crippen molar-refractivity contribution < 1.29 is 14.6 Å². The number of benzene rings is 1. The molecule has 3 aromatic rings. The molecule has 0 amide bonds. The fourth-order valence-electron chi connectivity index (χ4n) is 2.78. The van der Waals surface area contributed by atoms with Crippen molar-refractivity contribution in [3.63, 3.8) is 0 Å². The Bertz CT molecular complexity index is 973. The van der Waals surface area contributed by atoms with E-state index in [1.807, 2.05) is 49.4 Å². The normalized spacial score (nSPS) is 10.5. The van der Waals surface area contributed by atoms with Gasteiger partial charge in [-0.1, -0.05) is 19.1 Å². The summed E-state index contributed by atoms with van der Waals surface area (Å²) in [6.45, 7) is 4.00. The lowest BCUT2D eigenvalue weighted by Crippen LogP contribution is -1.99. The molecule has 0 aliphatic heterocycles. The average molecular weight is 377 g/mol. The number of pyridine rings is 2. The number of aryl methyl sites for hydroxylation is 3. The number of ether oxygens (including phenoxy) is 1. The molecule has 0 radical (unpaired) electrons. The zero-order valence-electron chi connectivity index (χ0n) is 16.0. The van der Waals surface area contributed by atoms with E-state index in [1.54, 1.807) is 12.3 Å². The topological polar surface area (TPSA) is 84.3 Å². The minimum absolute atomic E-state index is 0.106. The van der Waals surface area contributed by atoms with Gasteiger partial charge in [0.1, 0.15) is 17.3 Å². The lowest BCUT2D eigenvalue weighted by Gasteiger charge is -2.11. The number of carboxylic acid groups (broad SMARTS) is 1. The Morgan fingerprint density at radius 3 is 2.79 bits per heavy atom. The third kappa shape index (κ3) is 5.30. The summed E-state index contributed by atoms with van der Waals surface area (Å²) in [6, 6.07) is 15.2. The maximum atomic E-state index is 10.8. The minimum atomic E-state index is -0.804. The van der Waals surface area contributed by atoms with Crippen LogP contribution >= 0.6 is 0 Å². The first-order valence-corrected chi connectivity index (χ1v) is 9.21. The largest absolute Gasteiger partial charge is 0.481 e. The summed E-state index contributed by atoms with van der Waals surface area (Å²) in [5, 5.41) is 12.1. The summed E-state index contributed by atoms with van der Waals surface area (Å²) >= 11 is 0. The third-order valence-electron chi connectivity index (χ3n) is 4.24. The first-order chi connectivity index (χ1) is 13.5. The van der Waals surface area contributed by atoms with Crippen LogP contribution in [0.15, 0.2) is 54.7 Å². The van der Waals surface area contributed by atoms with E-state index in [4.69, 9.17) is 9.84 Å². The van der Waals surface area contributed by atoms with Gasteiger partial charge in [0.15, 0.2) is 0 Å². The minimum Gasteiger partial charge on any atom is -0.481 e. The molecule has 0 aliphatic carbocycles. The van der Waals surface area contributed by atoms with E-state index in [2.05, 4.69) is 22.2 Å². The number of carboxylic acids is 1. The Labute approximate surface area is 164 Å². The van der Waals surface area contributed by atoms with Gasteiger partial charge in [-0.15, -0.1) is 0 Å². The fourth-order valence-corrected chi connectivity index (χ4v) is 2.78. The first kappa shape index (κ1) is 19.4. The molecule has 0 spiro atoms. The average Bonchev–Trinajstić information content (AvgIpc) is 2.68. The molecule has 2 aromatic heterocycles. The first-order valence-electron chi connectivity index (χ1n) is 9.21. The summed E-state index contributed by atoms with van der Waals surface area (Å²) < 4.78 is 5.97. The van der Waals surface area contributed by atoms with E-state index in [9.17, 15) is 4.79 Å². The summed E-state index contributed by atoms with van der Waals surface area (Å²) in [4.78, 5) is 19.6. The zero-order valence-corrected chi connectivity index (χ0v) is 16.0. The summed E-state index contributed by atoms with van der Waals surface area (Å²) in [5.74, 6) is 1.21. The molecule has 3 rings (SSSR count). The van der Waals surface area contributed by atoms with Crippen LogP contribution in [0.1, 0.15) is 30.3 Å². The van der Waals surface area contributed by atoms with Crippen LogP contribution in [-0.2, 0) is 17.6 Å². The van der Waals surface area contributed by atoms with Crippen molar-refractivity contribution in [3.8, 4) is 11.5 Å². The van der Waals surface area contributed by atoms with Crippen molar-refractivity contribution in [2.75, 3.05) is 5.32 Å². The number of nitrogens with zero attached hydrogens (tertiary/aromatic N) is 2. The molecule has 2 N–H and O–H groups in total. The Morgan fingerprint density at radius 1 is 1.18 bits per heavy atom. The molecule has 0 unspecified atom stereocenters. The van der Waals surface area contributed by atoms with Crippen LogP contribution in [0.2, 0.25) is 0 Å². The maximum Gasteiger partial charge on any atom is 0.303 e. The number of rotatable bonds is 8. The van der Waals surface area contributed by atoms with Gasteiger partial charge in [0.05, 0.1) is 5.69 Å². The van der Waals surface area contributed by atoms with Crippen LogP contribution in [0.3, 0.4) is 0 Å². The van der Waals surface area contributed by atoms with Crippen LogP contribution in [0, 0.1) is 6.92 Å². The van der Waals surface area contributed by atoms with Gasteiger partial charge < -0.3 is 15.2 Å². The molecule has 28 heavy (non-hydrogen) atoms. The summed E-state index contributed by atoms with van der Waals surface area (Å²) in [7, 11) is 0. The Hall–Kier alpha value is -3.41. The summed E-state index contributed by atoms with van der Waals surface area (Å²) in [5.41, 5.74) is 3.68. The monoisotopic (exact) mass is 377 g/mol. The highest BCUT2D eigenvalue weighted by molar-refractivity contribution is 5.67. The molecule has 0 fully saturated rings. The van der Waals surface area contributed by atoms with Gasteiger partial charge in [-0.3, -0.25) is 9.78 Å². The van der Waals surface area contributed by atoms with Gasteiger partial charge in [-0.25, -0.2) is 4.98 Å². The third-order valence-corrected chi connectivity index (χ3v) is 4.24. The molecular weight excluding hydrogens is 354 g/mol. The van der Waals surface area contributed by atoms with E-state index in [1.165, 1.54) is 0 Å². The fraction of sp³-hybridized carbons (Fsp3) is 0.227. The smallest absolute Gasteiger partial charge is 0.303 e. The second kappa shape index (κ2) is 8.99. The molecule has 144 valence electrons. The van der Waals surface area contributed by atoms with E-state index in [-0.39, 0.29) is 6.42 Å². The van der Waals surface area contributed by atoms with E-state index < -0.39 is 5.97 Å². The Kier molecular flexibility index (Phi) is 6.22. The lowest BCUT2D eigenvalue weighted by molar-refractivity contribution is -0.136. The highest BCUT2D eigenvalue weighted by Gasteiger charge is 2.06. The van der Waals surface area contributed by atoms with E-state index in [0.717, 1.165) is 29.1 Å². The van der Waals surface area contributed by atoms with Crippen LogP contribution < -0.4 is 10.1 Å². The van der Waals surface area contributed by atoms with E-state index in [0.29, 0.717) is 23.7 Å². The van der Waals surface area contributed by atoms with Crippen molar-refractivity contribution >= 4 is 17.5 Å². The van der Waals surface area contributed by atoms with Gasteiger partial charge in [0, 0.05) is 30.1 Å². The maximum absolute atomic E-state index is 10.8. The molecule has 0 saturated carbocycles. The van der Waals surface area contributed by atoms with Gasteiger partial charge >= 0.3 is 5.97 Å². The van der Waals surface area contributed by atoms with Crippen LogP contribution in [0.25, 0.3) is 0 Å². The molecule has 0 bridgehead atoms. The second-order valence-electron chi connectivity index (χ2n) is 6.44. The molecule has 1 aromatic carbocycles. The molecule has 2 heterocycles. The highest BCUT2D eigenvalue weighted by Crippen LogP contribution is 2.26. The van der Waals surface area contributed by atoms with Gasteiger partial charge in [-0.05, 0) is 55.7 Å². The molecular formula is C22H23N3O3. The van der Waals surface area contributed by atoms with Crippen LogP contribution in [0.5, 0.6) is 11.5 Å². The predicted octanol–water partition coefficient (Wildman–Crippen LogP) is 4.90. The number of hydrogen-bond donors (Lipinski definition) is 2. The van der Waals surface area contributed by atoms with Crippen molar-refractivity contribution in [2.24, 2.45) is 0 Å². The number of anilines is 2. The van der Waals surface area contributed by atoms with E-state index >= 15 is 0 Å². The quantitative estimate of drug-likeness (QED) is 0.581. The molecule has 0 aliphatic rings. The SMILES string of the molecule is CCc1ccc(Oc2ccnc(Nc3cccc(CCC(=O)O)c3)c2)c(C)n1. The number of aromatic nitrogens is 2. The number of carbonyl (C=O) groups is 1. The number of nitrogens with one attached hydrogen (secondary N) is 1. The molecule has 6 nitrogen and oxygen atoms in total. The van der Waals surface area contributed by atoms with Crippen molar-refractivity contribution in [2.45, 2.75) is 33.1 Å². The Balaban J connectivity index is 1.71. The molecule has 0 saturated heterocycles. The lowest BCUT2D eigenvalue weighted by atomic mass is 10.1. The standard InChI is InChI=1S/C22H23N3O3/c1-3-17-8-9-20(15(2)24-17)28-19-11-12-23-21(14-19)25-18-6-4-5-16(13-18)7-10-22(26)27/h4-6,8-9,11-14H,3,7,10H2,1-2H3,(H,23,25)(H,26,27). The molecule has 6 heteroatoms. The Morgan fingerprint density at radius 2 is 2.04 bits per heavy atom. The van der Waals surface area contributed by atoms with Crippen molar-refractivity contribution in [1.29, 1.82) is 0 Å². The van der Waals surface area contributed by atoms with Gasteiger partial charge in [-0.2, -0.15) is 0 Å². The number of hydrogen-bond acceptors (Lipinski definition) is 5. The van der Waals surface area contributed by atoms with Crippen LogP contribution in [0.4, 0.5) is 11.5 Å². The van der Waals surface area contributed by atoms with Crippen molar-refractivity contribution in [1.82, 2.24) is 9.97 Å². The highest BCUT2D eigenvalue weighted by atomic mass is 16.5. The number of aliphatic carboxylic acids is 1. The summed E-state index contributed by atoms with van der Waals surface area (Å²) in [6.07, 6.45) is 3.15. The van der Waals surface area contributed by atoms with Gasteiger partial charge in [0.25, 0.3) is 0 Å².